The normalized spacial score (nSPS) is 25.5. The van der Waals surface area contributed by atoms with E-state index in [9.17, 15) is 9.65 Å². The van der Waals surface area contributed by atoms with Crippen LogP contribution >= 0.6 is 22.9 Å². The number of nitrogens with zero attached hydrogens (tertiary/aromatic N) is 5. The highest BCUT2D eigenvalue weighted by Gasteiger charge is 2.60. The second-order valence-corrected chi connectivity index (χ2v) is 15.2. The minimum Gasteiger partial charge on any atom is -0.485 e. The average molecular weight is 667 g/mol. The lowest BCUT2D eigenvalue weighted by Crippen LogP contribution is -2.44. The molecule has 46 heavy (non-hydrogen) atoms. The molecule has 0 radical (unpaired) electrons. The van der Waals surface area contributed by atoms with Crippen molar-refractivity contribution in [3.8, 4) is 29.0 Å². The molecule has 4 aromatic rings. The quantitative estimate of drug-likeness (QED) is 0.245. The molecule has 2 aromatic carbocycles. The Hall–Kier alpha value is -3.53. The van der Waals surface area contributed by atoms with Crippen molar-refractivity contribution >= 4 is 54.7 Å². The summed E-state index contributed by atoms with van der Waals surface area (Å²) in [6.45, 7) is 1.36. The lowest BCUT2D eigenvalue weighted by atomic mass is 9.95. The van der Waals surface area contributed by atoms with Gasteiger partial charge in [0, 0.05) is 42.9 Å². The molecule has 9 rings (SSSR count). The van der Waals surface area contributed by atoms with Crippen LogP contribution in [0.3, 0.4) is 0 Å². The first-order valence-electron chi connectivity index (χ1n) is 15.7. The van der Waals surface area contributed by atoms with Gasteiger partial charge in [0.1, 0.15) is 46.6 Å². The van der Waals surface area contributed by atoms with Gasteiger partial charge in [-0.3, -0.25) is 4.90 Å². The number of anilines is 2. The molecule has 5 aliphatic rings. The van der Waals surface area contributed by atoms with E-state index in [1.807, 2.05) is 7.05 Å². The maximum Gasteiger partial charge on any atom is 0.319 e. The van der Waals surface area contributed by atoms with Gasteiger partial charge in [0.05, 0.1) is 26.2 Å². The zero-order chi connectivity index (χ0) is 31.7. The number of nitrogens with two attached hydrogens (primary N) is 1. The Morgan fingerprint density at radius 3 is 2.74 bits per heavy atom. The van der Waals surface area contributed by atoms with E-state index in [0.29, 0.717) is 24.2 Å². The van der Waals surface area contributed by atoms with E-state index in [1.165, 1.54) is 12.1 Å². The number of benzene rings is 2. The summed E-state index contributed by atoms with van der Waals surface area (Å²) in [5, 5.41) is 10.6. The van der Waals surface area contributed by atoms with Crippen LogP contribution in [0, 0.1) is 23.0 Å². The monoisotopic (exact) mass is 666 g/mol. The Morgan fingerprint density at radius 1 is 1.20 bits per heavy atom. The Kier molecular flexibility index (Phi) is 5.93. The summed E-state index contributed by atoms with van der Waals surface area (Å²) < 4.78 is 59.9. The summed E-state index contributed by atoms with van der Waals surface area (Å²) in [4.78, 5) is 13.7. The van der Waals surface area contributed by atoms with Gasteiger partial charge in [0.25, 0.3) is 0 Å². The van der Waals surface area contributed by atoms with Crippen molar-refractivity contribution in [1.29, 1.82) is 5.26 Å². The van der Waals surface area contributed by atoms with Crippen molar-refractivity contribution in [3.63, 3.8) is 0 Å². The molecular weight excluding hydrogens is 637 g/mol. The molecule has 2 N–H and O–H groups in total. The fourth-order valence-corrected chi connectivity index (χ4v) is 9.57. The number of nitriles is 1. The molecule has 0 unspecified atom stereocenters. The van der Waals surface area contributed by atoms with Crippen LogP contribution in [0.5, 0.6) is 11.8 Å². The molecular formula is C33H30ClF3N6O2S. The molecule has 2 spiro atoms. The Labute approximate surface area is 271 Å². The molecule has 5 heterocycles. The lowest BCUT2D eigenvalue weighted by molar-refractivity contribution is 0.107. The van der Waals surface area contributed by atoms with Gasteiger partial charge in [-0.1, -0.05) is 17.7 Å². The molecule has 2 saturated carbocycles. The van der Waals surface area contributed by atoms with E-state index < -0.39 is 28.9 Å². The van der Waals surface area contributed by atoms with Crippen LogP contribution in [-0.2, 0) is 0 Å². The van der Waals surface area contributed by atoms with Gasteiger partial charge in [-0.05, 0) is 56.7 Å². The molecule has 0 bridgehead atoms. The predicted molar refractivity (Wildman–Crippen MR) is 171 cm³/mol. The molecule has 0 amide bonds. The van der Waals surface area contributed by atoms with Crippen LogP contribution in [0.4, 0.5) is 24.0 Å². The minimum atomic E-state index is -0.927. The standard InChI is InChI=1S/C33H30ClF3N6O2S/c1-42-29-22-25(40-30(41-29)44-15-32-5-2-10-43(32)13-16(35)11-32)24(37)21(17-3-4-19(36)27-20(17)18(12-38)28(39)46-27)23(34)26(22)45-33(8-9-33)14-31(42)6-7-31/h3-4,16H,2,5-11,13-15,39H2,1H3/t16-,32+/m1/s1. The number of thiophene rings is 1. The number of fused-ring (bicyclic) bond motifs is 2. The van der Waals surface area contributed by atoms with Crippen LogP contribution in [0.1, 0.15) is 56.9 Å². The lowest BCUT2D eigenvalue weighted by Gasteiger charge is -2.37. The van der Waals surface area contributed by atoms with Gasteiger partial charge in [-0.2, -0.15) is 15.2 Å². The van der Waals surface area contributed by atoms with Crippen LogP contribution in [0.25, 0.3) is 32.1 Å². The summed E-state index contributed by atoms with van der Waals surface area (Å²) in [6, 6.07) is 4.67. The van der Waals surface area contributed by atoms with E-state index in [1.54, 1.807) is 0 Å². The highest BCUT2D eigenvalue weighted by atomic mass is 35.5. The van der Waals surface area contributed by atoms with E-state index in [-0.39, 0.29) is 66.2 Å². The predicted octanol–water partition coefficient (Wildman–Crippen LogP) is 7.14. The summed E-state index contributed by atoms with van der Waals surface area (Å²) in [5.74, 6) is -0.633. The number of ether oxygens (including phenoxy) is 2. The van der Waals surface area contributed by atoms with Gasteiger partial charge in [0.2, 0.25) is 0 Å². The third-order valence-electron chi connectivity index (χ3n) is 11.0. The third kappa shape index (κ3) is 3.94. The molecule has 8 nitrogen and oxygen atoms in total. The van der Waals surface area contributed by atoms with Crippen molar-refractivity contribution in [2.45, 2.75) is 74.2 Å². The fourth-order valence-electron chi connectivity index (χ4n) is 8.30. The highest BCUT2D eigenvalue weighted by molar-refractivity contribution is 7.23. The molecule has 13 heteroatoms. The van der Waals surface area contributed by atoms with Crippen LogP contribution in [0.2, 0.25) is 5.02 Å². The Balaban J connectivity index is 1.29. The summed E-state index contributed by atoms with van der Waals surface area (Å²) in [7, 11) is 1.96. The molecule has 3 aliphatic heterocycles. The summed E-state index contributed by atoms with van der Waals surface area (Å²) in [6.07, 6.45) is 5.51. The van der Waals surface area contributed by atoms with Crippen LogP contribution in [-0.4, -0.2) is 64.5 Å². The van der Waals surface area contributed by atoms with Crippen LogP contribution in [0.15, 0.2) is 12.1 Å². The van der Waals surface area contributed by atoms with Crippen molar-refractivity contribution < 1.29 is 22.6 Å². The first-order valence-corrected chi connectivity index (χ1v) is 16.9. The third-order valence-corrected chi connectivity index (χ3v) is 12.4. The first-order chi connectivity index (χ1) is 22.1. The van der Waals surface area contributed by atoms with Crippen molar-refractivity contribution in [2.24, 2.45) is 0 Å². The number of rotatable bonds is 4. The number of nitrogen functional groups attached to an aromatic ring is 1. The van der Waals surface area contributed by atoms with Crippen LogP contribution < -0.4 is 20.1 Å². The van der Waals surface area contributed by atoms with Gasteiger partial charge in [-0.25, -0.2) is 13.2 Å². The van der Waals surface area contributed by atoms with E-state index in [2.05, 4.69) is 20.9 Å². The minimum absolute atomic E-state index is 0.00283. The molecule has 2 aliphatic carbocycles. The maximum atomic E-state index is 17.2. The first kappa shape index (κ1) is 28.7. The van der Waals surface area contributed by atoms with Gasteiger partial charge < -0.3 is 20.1 Å². The average Bonchev–Trinajstić information content (AvgIpc) is 3.87. The van der Waals surface area contributed by atoms with Gasteiger partial charge in [0.15, 0.2) is 11.6 Å². The number of aromatic nitrogens is 2. The summed E-state index contributed by atoms with van der Waals surface area (Å²) in [5.41, 5.74) is 5.18. The zero-order valence-electron chi connectivity index (χ0n) is 25.1. The number of hydrogen-bond acceptors (Lipinski definition) is 9. The molecule has 4 fully saturated rings. The number of alkyl halides is 1. The molecule has 2 saturated heterocycles. The Morgan fingerprint density at radius 2 is 2.00 bits per heavy atom. The summed E-state index contributed by atoms with van der Waals surface area (Å²) >= 11 is 8.07. The van der Waals surface area contributed by atoms with Gasteiger partial charge in [-0.15, -0.1) is 11.3 Å². The zero-order valence-corrected chi connectivity index (χ0v) is 26.6. The van der Waals surface area contributed by atoms with E-state index in [0.717, 1.165) is 62.8 Å². The number of halogens is 4. The molecule has 238 valence electrons. The smallest absolute Gasteiger partial charge is 0.319 e. The fraction of sp³-hybridized carbons (Fsp3) is 0.485. The Bertz CT molecular complexity index is 2040. The van der Waals surface area contributed by atoms with Crippen molar-refractivity contribution in [3.05, 3.63) is 34.4 Å². The van der Waals surface area contributed by atoms with Gasteiger partial charge >= 0.3 is 6.01 Å². The maximum absolute atomic E-state index is 17.2. The van der Waals surface area contributed by atoms with E-state index in [4.69, 9.17) is 31.8 Å². The highest BCUT2D eigenvalue weighted by Crippen LogP contribution is 2.61. The SMILES string of the molecule is CN1c2nc(OC[C@@]34CCCN3C[C@H](F)C4)nc3c(F)c(-c4ccc(F)c5sc(N)c(C#N)c45)c(Cl)c(c23)OC2(CC2)CC12CC2. The van der Waals surface area contributed by atoms with Crippen molar-refractivity contribution in [1.82, 2.24) is 14.9 Å². The molecule has 2 atom stereocenters. The largest absolute Gasteiger partial charge is 0.485 e. The molecule has 2 aromatic heterocycles. The second-order valence-electron chi connectivity index (χ2n) is 13.7. The van der Waals surface area contributed by atoms with E-state index >= 15 is 8.78 Å². The topological polar surface area (TPSA) is 101 Å². The van der Waals surface area contributed by atoms with Crippen molar-refractivity contribution in [2.75, 3.05) is 37.4 Å². The number of hydrogen-bond donors (Lipinski definition) is 1. The second kappa shape index (κ2) is 9.52.